The van der Waals surface area contributed by atoms with Gasteiger partial charge in [-0.15, -0.1) is 0 Å². The molecule has 1 saturated heterocycles. The third-order valence-electron chi connectivity index (χ3n) is 4.48. The number of carbonyl (C=O) groups excluding carboxylic acids is 1. The molecule has 2 heterocycles. The summed E-state index contributed by atoms with van der Waals surface area (Å²) in [5.41, 5.74) is 0.651. The van der Waals surface area contributed by atoms with Crippen LogP contribution in [0.4, 0.5) is 0 Å². The first-order chi connectivity index (χ1) is 11.6. The molecule has 6 heteroatoms. The van der Waals surface area contributed by atoms with Gasteiger partial charge in [0.25, 0.3) is 5.56 Å². The van der Waals surface area contributed by atoms with E-state index in [1.807, 2.05) is 30.0 Å². The number of nitrogens with zero attached hydrogens (tertiary/aromatic N) is 3. The SMILES string of the molecule is CCn1c(SCC(=O)N2CCCC(C)C2)nc2ccccc2c1=O. The quantitative estimate of drug-likeness (QED) is 0.632. The van der Waals surface area contributed by atoms with Crippen LogP contribution in [-0.2, 0) is 11.3 Å². The molecule has 0 radical (unpaired) electrons. The van der Waals surface area contributed by atoms with E-state index in [0.29, 0.717) is 34.3 Å². The van der Waals surface area contributed by atoms with Gasteiger partial charge in [-0.2, -0.15) is 0 Å². The first kappa shape index (κ1) is 17.0. The van der Waals surface area contributed by atoms with Gasteiger partial charge in [0.15, 0.2) is 5.16 Å². The number of amides is 1. The molecule has 0 saturated carbocycles. The molecule has 0 bridgehead atoms. The number of hydrogen-bond donors (Lipinski definition) is 0. The number of fused-ring (bicyclic) bond motifs is 1. The number of carbonyl (C=O) groups is 1. The summed E-state index contributed by atoms with van der Waals surface area (Å²) in [7, 11) is 0. The van der Waals surface area contributed by atoms with Gasteiger partial charge in [-0.1, -0.05) is 30.8 Å². The number of aromatic nitrogens is 2. The summed E-state index contributed by atoms with van der Waals surface area (Å²) in [5.74, 6) is 1.04. The zero-order chi connectivity index (χ0) is 17.1. The van der Waals surface area contributed by atoms with Crippen LogP contribution >= 0.6 is 11.8 Å². The molecule has 5 nitrogen and oxygen atoms in total. The maximum absolute atomic E-state index is 12.6. The van der Waals surface area contributed by atoms with Gasteiger partial charge in [-0.3, -0.25) is 14.2 Å². The molecule has 0 spiro atoms. The monoisotopic (exact) mass is 345 g/mol. The van der Waals surface area contributed by atoms with Gasteiger partial charge < -0.3 is 4.90 Å². The molecule has 1 unspecified atom stereocenters. The van der Waals surface area contributed by atoms with E-state index in [9.17, 15) is 9.59 Å². The summed E-state index contributed by atoms with van der Waals surface area (Å²) in [5, 5.41) is 1.25. The molecule has 1 aliphatic rings. The standard InChI is InChI=1S/C18H23N3O2S/c1-3-21-17(23)14-8-4-5-9-15(14)19-18(21)24-12-16(22)20-10-6-7-13(2)11-20/h4-5,8-9,13H,3,6-7,10-12H2,1-2H3. The number of rotatable bonds is 4. The Bertz CT molecular complexity index is 802. The van der Waals surface area contributed by atoms with Crippen molar-refractivity contribution in [3.8, 4) is 0 Å². The topological polar surface area (TPSA) is 55.2 Å². The highest BCUT2D eigenvalue weighted by molar-refractivity contribution is 7.99. The van der Waals surface area contributed by atoms with E-state index in [2.05, 4.69) is 11.9 Å². The van der Waals surface area contributed by atoms with Crippen molar-refractivity contribution < 1.29 is 4.79 Å². The van der Waals surface area contributed by atoms with Crippen LogP contribution in [0.3, 0.4) is 0 Å². The Kier molecular flexibility index (Phi) is 5.23. The number of hydrogen-bond acceptors (Lipinski definition) is 4. The largest absolute Gasteiger partial charge is 0.342 e. The molecule has 0 N–H and O–H groups in total. The molecule has 3 rings (SSSR count). The molecular formula is C18H23N3O2S. The molecule has 1 atom stereocenters. The van der Waals surface area contributed by atoms with Crippen LogP contribution in [0.2, 0.25) is 0 Å². The van der Waals surface area contributed by atoms with Crippen molar-refractivity contribution in [2.45, 2.75) is 38.4 Å². The van der Waals surface area contributed by atoms with Crippen molar-refractivity contribution in [3.63, 3.8) is 0 Å². The third-order valence-corrected chi connectivity index (χ3v) is 5.44. The van der Waals surface area contributed by atoms with Crippen LogP contribution in [0, 0.1) is 5.92 Å². The number of para-hydroxylation sites is 1. The van der Waals surface area contributed by atoms with Crippen molar-refractivity contribution in [3.05, 3.63) is 34.6 Å². The van der Waals surface area contributed by atoms with Gasteiger partial charge in [0, 0.05) is 19.6 Å². The Morgan fingerprint density at radius 1 is 1.38 bits per heavy atom. The molecule has 1 aliphatic heterocycles. The van der Waals surface area contributed by atoms with Crippen molar-refractivity contribution in [2.24, 2.45) is 5.92 Å². The number of likely N-dealkylation sites (tertiary alicyclic amines) is 1. The fourth-order valence-electron chi connectivity index (χ4n) is 3.17. The summed E-state index contributed by atoms with van der Waals surface area (Å²) in [4.78, 5) is 31.6. The van der Waals surface area contributed by atoms with Gasteiger partial charge in [0.1, 0.15) is 0 Å². The second-order valence-electron chi connectivity index (χ2n) is 6.34. The van der Waals surface area contributed by atoms with Gasteiger partial charge in [0.05, 0.1) is 16.7 Å². The van der Waals surface area contributed by atoms with Gasteiger partial charge in [-0.25, -0.2) is 4.98 Å². The molecule has 1 amide bonds. The van der Waals surface area contributed by atoms with Gasteiger partial charge in [-0.05, 0) is 37.8 Å². The lowest BCUT2D eigenvalue weighted by atomic mass is 10.0. The van der Waals surface area contributed by atoms with Crippen molar-refractivity contribution >= 4 is 28.6 Å². The first-order valence-corrected chi connectivity index (χ1v) is 9.49. The number of benzene rings is 1. The smallest absolute Gasteiger partial charge is 0.262 e. The Morgan fingerprint density at radius 3 is 2.92 bits per heavy atom. The van der Waals surface area contributed by atoms with E-state index in [1.54, 1.807) is 10.6 Å². The second-order valence-corrected chi connectivity index (χ2v) is 7.28. The maximum Gasteiger partial charge on any atom is 0.262 e. The molecular weight excluding hydrogens is 322 g/mol. The predicted molar refractivity (Wildman–Crippen MR) is 97.4 cm³/mol. The molecule has 1 aromatic carbocycles. The summed E-state index contributed by atoms with van der Waals surface area (Å²) < 4.78 is 1.65. The zero-order valence-electron chi connectivity index (χ0n) is 14.2. The molecule has 1 fully saturated rings. The lowest BCUT2D eigenvalue weighted by Crippen LogP contribution is -2.40. The van der Waals surface area contributed by atoms with Crippen LogP contribution in [0.15, 0.2) is 34.2 Å². The summed E-state index contributed by atoms with van der Waals surface area (Å²) >= 11 is 1.36. The van der Waals surface area contributed by atoms with E-state index in [4.69, 9.17) is 0 Å². The zero-order valence-corrected chi connectivity index (χ0v) is 15.0. The van der Waals surface area contributed by atoms with Crippen LogP contribution in [-0.4, -0.2) is 39.2 Å². The van der Waals surface area contributed by atoms with Crippen molar-refractivity contribution in [1.29, 1.82) is 0 Å². The minimum atomic E-state index is -0.0374. The lowest BCUT2D eigenvalue weighted by Gasteiger charge is -2.30. The normalized spacial score (nSPS) is 18.1. The van der Waals surface area contributed by atoms with Crippen LogP contribution in [0.25, 0.3) is 10.9 Å². The van der Waals surface area contributed by atoms with Crippen LogP contribution in [0.5, 0.6) is 0 Å². The maximum atomic E-state index is 12.6. The Balaban J connectivity index is 1.79. The third kappa shape index (κ3) is 3.48. The molecule has 128 valence electrons. The average molecular weight is 345 g/mol. The van der Waals surface area contributed by atoms with Crippen molar-refractivity contribution in [2.75, 3.05) is 18.8 Å². The van der Waals surface area contributed by atoms with Crippen LogP contribution < -0.4 is 5.56 Å². The molecule has 1 aromatic heterocycles. The van der Waals surface area contributed by atoms with Gasteiger partial charge in [0.2, 0.25) is 5.91 Å². The van der Waals surface area contributed by atoms with E-state index < -0.39 is 0 Å². The van der Waals surface area contributed by atoms with E-state index >= 15 is 0 Å². The van der Waals surface area contributed by atoms with E-state index in [0.717, 1.165) is 19.5 Å². The Hall–Kier alpha value is -1.82. The fraction of sp³-hybridized carbons (Fsp3) is 0.500. The summed E-state index contributed by atoms with van der Waals surface area (Å²) in [6.45, 7) is 6.34. The van der Waals surface area contributed by atoms with Gasteiger partial charge >= 0.3 is 0 Å². The highest BCUT2D eigenvalue weighted by Crippen LogP contribution is 2.20. The highest BCUT2D eigenvalue weighted by atomic mass is 32.2. The minimum absolute atomic E-state index is 0.0374. The molecule has 0 aliphatic carbocycles. The predicted octanol–water partition coefficient (Wildman–Crippen LogP) is 2.77. The summed E-state index contributed by atoms with van der Waals surface area (Å²) in [6, 6.07) is 7.36. The van der Waals surface area contributed by atoms with Crippen LogP contribution in [0.1, 0.15) is 26.7 Å². The lowest BCUT2D eigenvalue weighted by molar-refractivity contribution is -0.130. The second kappa shape index (κ2) is 7.38. The fourth-order valence-corrected chi connectivity index (χ4v) is 4.14. The Morgan fingerprint density at radius 2 is 2.17 bits per heavy atom. The van der Waals surface area contributed by atoms with E-state index in [-0.39, 0.29) is 11.5 Å². The van der Waals surface area contributed by atoms with E-state index in [1.165, 1.54) is 18.2 Å². The first-order valence-electron chi connectivity index (χ1n) is 8.50. The number of thioether (sulfide) groups is 1. The number of piperidine rings is 1. The van der Waals surface area contributed by atoms with Crippen molar-refractivity contribution in [1.82, 2.24) is 14.5 Å². The summed E-state index contributed by atoms with van der Waals surface area (Å²) in [6.07, 6.45) is 2.27. The Labute approximate surface area is 146 Å². The highest BCUT2D eigenvalue weighted by Gasteiger charge is 2.21. The average Bonchev–Trinajstić information content (AvgIpc) is 2.60. The minimum Gasteiger partial charge on any atom is -0.342 e. The molecule has 24 heavy (non-hydrogen) atoms. The molecule has 2 aromatic rings.